The number of aryl methyl sites for hydroxylation is 2. The van der Waals surface area contributed by atoms with Crippen molar-refractivity contribution in [2.45, 2.75) is 31.7 Å². The van der Waals surface area contributed by atoms with Crippen molar-refractivity contribution in [2.75, 3.05) is 12.0 Å². The summed E-state index contributed by atoms with van der Waals surface area (Å²) in [6, 6.07) is 15.5. The topological polar surface area (TPSA) is 79.7 Å². The van der Waals surface area contributed by atoms with Crippen molar-refractivity contribution in [1.29, 1.82) is 0 Å². The number of pyridine rings is 1. The molecule has 1 aliphatic heterocycles. The smallest absolute Gasteiger partial charge is 0.300 e. The van der Waals surface area contributed by atoms with E-state index in [0.717, 1.165) is 25.7 Å². The van der Waals surface area contributed by atoms with Crippen molar-refractivity contribution >= 4 is 23.1 Å². The predicted molar refractivity (Wildman–Crippen MR) is 125 cm³/mol. The zero-order valence-corrected chi connectivity index (χ0v) is 18.3. The summed E-state index contributed by atoms with van der Waals surface area (Å²) in [6.07, 6.45) is 7.47. The minimum Gasteiger partial charge on any atom is -0.507 e. The van der Waals surface area contributed by atoms with E-state index in [1.165, 1.54) is 16.0 Å². The van der Waals surface area contributed by atoms with Crippen molar-refractivity contribution < 1.29 is 19.4 Å². The number of aromatic nitrogens is 1. The van der Waals surface area contributed by atoms with E-state index in [1.807, 2.05) is 18.2 Å². The molecule has 5 rings (SSSR count). The Bertz CT molecular complexity index is 1250. The molecule has 0 radical (unpaired) electrons. The molecule has 3 aromatic rings. The minimum atomic E-state index is -0.766. The van der Waals surface area contributed by atoms with E-state index >= 15 is 0 Å². The molecule has 1 atom stereocenters. The summed E-state index contributed by atoms with van der Waals surface area (Å²) in [7, 11) is 1.57. The molecule has 0 spiro atoms. The molecular weight excluding hydrogens is 416 g/mol. The number of hydrogen-bond donors (Lipinski definition) is 1. The molecule has 1 fully saturated rings. The van der Waals surface area contributed by atoms with Crippen LogP contribution >= 0.6 is 0 Å². The maximum atomic E-state index is 13.3. The Hall–Kier alpha value is -3.93. The predicted octanol–water partition coefficient (Wildman–Crippen LogP) is 4.60. The highest BCUT2D eigenvalue weighted by molar-refractivity contribution is 6.51. The van der Waals surface area contributed by atoms with E-state index < -0.39 is 17.7 Å². The number of anilines is 1. The van der Waals surface area contributed by atoms with Gasteiger partial charge in [-0.05, 0) is 84.8 Å². The Morgan fingerprint density at radius 3 is 2.36 bits per heavy atom. The standard InChI is InChI=1S/C27H24N2O4/c1-33-22-10-8-21(9-11-22)29-24(18-12-14-28-15-13-18)23(26(31)27(29)32)25(30)20-7-6-17-4-2-3-5-19(17)16-20/h6-16,24,30H,2-5H2,1H3/b25-23-. The number of fused-ring (bicyclic) bond motifs is 1. The lowest BCUT2D eigenvalue weighted by Gasteiger charge is -2.25. The van der Waals surface area contributed by atoms with Gasteiger partial charge in [-0.3, -0.25) is 19.5 Å². The van der Waals surface area contributed by atoms with Crippen LogP contribution in [0.3, 0.4) is 0 Å². The fourth-order valence-corrected chi connectivity index (χ4v) is 4.74. The Morgan fingerprint density at radius 2 is 1.67 bits per heavy atom. The van der Waals surface area contributed by atoms with Gasteiger partial charge in [-0.1, -0.05) is 12.1 Å². The van der Waals surface area contributed by atoms with Gasteiger partial charge in [-0.25, -0.2) is 0 Å². The molecule has 1 aromatic heterocycles. The van der Waals surface area contributed by atoms with Crippen molar-refractivity contribution in [1.82, 2.24) is 4.98 Å². The van der Waals surface area contributed by atoms with Crippen LogP contribution in [-0.4, -0.2) is 28.9 Å². The Kier molecular flexibility index (Phi) is 5.42. The third-order valence-electron chi connectivity index (χ3n) is 6.44. The molecule has 6 heteroatoms. The molecule has 2 aliphatic rings. The normalized spacial score (nSPS) is 19.4. The van der Waals surface area contributed by atoms with Gasteiger partial charge < -0.3 is 9.84 Å². The Morgan fingerprint density at radius 1 is 0.970 bits per heavy atom. The second kappa shape index (κ2) is 8.54. The van der Waals surface area contributed by atoms with E-state index in [4.69, 9.17) is 4.74 Å². The van der Waals surface area contributed by atoms with Gasteiger partial charge in [0.1, 0.15) is 11.5 Å². The number of carbonyl (C=O) groups is 2. The van der Waals surface area contributed by atoms with Crippen LogP contribution in [0.15, 0.2) is 72.6 Å². The van der Waals surface area contributed by atoms with Crippen LogP contribution in [0.1, 0.15) is 41.1 Å². The van der Waals surface area contributed by atoms with Crippen molar-refractivity contribution in [3.05, 3.63) is 94.8 Å². The molecule has 166 valence electrons. The maximum Gasteiger partial charge on any atom is 0.300 e. The number of benzene rings is 2. The highest BCUT2D eigenvalue weighted by Gasteiger charge is 2.47. The number of rotatable bonds is 4. The first-order valence-corrected chi connectivity index (χ1v) is 11.1. The van der Waals surface area contributed by atoms with E-state index in [1.54, 1.807) is 55.9 Å². The summed E-state index contributed by atoms with van der Waals surface area (Å²) in [5.74, 6) is -0.895. The van der Waals surface area contributed by atoms with Crippen LogP contribution in [0.2, 0.25) is 0 Å². The Balaban J connectivity index is 1.66. The van der Waals surface area contributed by atoms with Crippen molar-refractivity contribution in [2.24, 2.45) is 0 Å². The van der Waals surface area contributed by atoms with Crippen molar-refractivity contribution in [3.63, 3.8) is 0 Å². The zero-order valence-electron chi connectivity index (χ0n) is 18.3. The number of carbonyl (C=O) groups excluding carboxylic acids is 2. The monoisotopic (exact) mass is 440 g/mol. The van der Waals surface area contributed by atoms with Gasteiger partial charge in [0.15, 0.2) is 0 Å². The lowest BCUT2D eigenvalue weighted by Crippen LogP contribution is -2.29. The first-order valence-electron chi connectivity index (χ1n) is 11.1. The number of Topliss-reactive ketones (excluding diaryl/α,β-unsaturated/α-hetero) is 1. The SMILES string of the molecule is COc1ccc(N2C(=O)C(=O)/C(=C(\O)c3ccc4c(c3)CCCC4)C2c2ccncc2)cc1. The van der Waals surface area contributed by atoms with E-state index in [-0.39, 0.29) is 11.3 Å². The molecule has 33 heavy (non-hydrogen) atoms. The number of amides is 1. The molecule has 1 unspecified atom stereocenters. The Labute approximate surface area is 192 Å². The number of methoxy groups -OCH3 is 1. The third-order valence-corrected chi connectivity index (χ3v) is 6.44. The molecule has 1 amide bonds. The maximum absolute atomic E-state index is 13.3. The van der Waals surface area contributed by atoms with Gasteiger partial charge in [0, 0.05) is 23.6 Å². The van der Waals surface area contributed by atoms with Crippen LogP contribution in [0.25, 0.3) is 5.76 Å². The molecule has 1 saturated heterocycles. The van der Waals surface area contributed by atoms with Crippen LogP contribution in [0.4, 0.5) is 5.69 Å². The van der Waals surface area contributed by atoms with E-state index in [0.29, 0.717) is 22.6 Å². The highest BCUT2D eigenvalue weighted by Crippen LogP contribution is 2.42. The average molecular weight is 440 g/mol. The van der Waals surface area contributed by atoms with E-state index in [9.17, 15) is 14.7 Å². The molecule has 2 heterocycles. The molecular formula is C27H24N2O4. The third kappa shape index (κ3) is 3.67. The van der Waals surface area contributed by atoms with Gasteiger partial charge in [-0.15, -0.1) is 0 Å². The minimum absolute atomic E-state index is 0.0813. The summed E-state index contributed by atoms with van der Waals surface area (Å²) in [5.41, 5.74) is 4.35. The first kappa shape index (κ1) is 20.9. The molecule has 0 saturated carbocycles. The molecule has 0 bridgehead atoms. The number of ether oxygens (including phenoxy) is 1. The largest absolute Gasteiger partial charge is 0.507 e. The summed E-state index contributed by atoms with van der Waals surface area (Å²) in [6.45, 7) is 0. The van der Waals surface area contributed by atoms with Gasteiger partial charge in [0.2, 0.25) is 0 Å². The molecule has 1 N–H and O–H groups in total. The lowest BCUT2D eigenvalue weighted by molar-refractivity contribution is -0.132. The number of aliphatic hydroxyl groups excluding tert-OH is 1. The lowest BCUT2D eigenvalue weighted by atomic mass is 9.89. The number of ketones is 1. The number of aliphatic hydroxyl groups is 1. The summed E-state index contributed by atoms with van der Waals surface area (Å²) in [5, 5.41) is 11.3. The van der Waals surface area contributed by atoms with Gasteiger partial charge in [0.05, 0.1) is 18.7 Å². The average Bonchev–Trinajstić information content (AvgIpc) is 3.14. The second-order valence-electron chi connectivity index (χ2n) is 8.34. The summed E-state index contributed by atoms with van der Waals surface area (Å²) >= 11 is 0. The fourth-order valence-electron chi connectivity index (χ4n) is 4.74. The van der Waals surface area contributed by atoms with Crippen LogP contribution in [-0.2, 0) is 22.4 Å². The second-order valence-corrected chi connectivity index (χ2v) is 8.34. The van der Waals surface area contributed by atoms with Crippen LogP contribution < -0.4 is 9.64 Å². The number of nitrogens with zero attached hydrogens (tertiary/aromatic N) is 2. The summed E-state index contributed by atoms with van der Waals surface area (Å²) in [4.78, 5) is 32.0. The zero-order chi connectivity index (χ0) is 22.9. The van der Waals surface area contributed by atoms with Gasteiger partial charge >= 0.3 is 0 Å². The van der Waals surface area contributed by atoms with Crippen molar-refractivity contribution in [3.8, 4) is 5.75 Å². The van der Waals surface area contributed by atoms with E-state index in [2.05, 4.69) is 4.98 Å². The molecule has 6 nitrogen and oxygen atoms in total. The molecule has 2 aromatic carbocycles. The fraction of sp³-hybridized carbons (Fsp3) is 0.222. The highest BCUT2D eigenvalue weighted by atomic mass is 16.5. The summed E-state index contributed by atoms with van der Waals surface area (Å²) < 4.78 is 5.23. The van der Waals surface area contributed by atoms with Gasteiger partial charge in [0.25, 0.3) is 11.7 Å². The van der Waals surface area contributed by atoms with Crippen LogP contribution in [0, 0.1) is 0 Å². The van der Waals surface area contributed by atoms with Crippen LogP contribution in [0.5, 0.6) is 5.75 Å². The van der Waals surface area contributed by atoms with Gasteiger partial charge in [-0.2, -0.15) is 0 Å². The quantitative estimate of drug-likeness (QED) is 0.365. The number of hydrogen-bond acceptors (Lipinski definition) is 5. The molecule has 1 aliphatic carbocycles. The first-order chi connectivity index (χ1) is 16.1.